The maximum atomic E-state index is 13.8. The highest BCUT2D eigenvalue weighted by Gasteiger charge is 2.35. The predicted molar refractivity (Wildman–Crippen MR) is 73.6 cm³/mol. The number of amides is 2. The summed E-state index contributed by atoms with van der Waals surface area (Å²) in [6.45, 7) is 1.13. The van der Waals surface area contributed by atoms with Gasteiger partial charge in [0.1, 0.15) is 5.82 Å². The van der Waals surface area contributed by atoms with Crippen LogP contribution in [0, 0.1) is 11.7 Å². The van der Waals surface area contributed by atoms with Gasteiger partial charge in [0.05, 0.1) is 30.7 Å². The van der Waals surface area contributed by atoms with Crippen LogP contribution in [0.15, 0.2) is 18.2 Å². The Morgan fingerprint density at radius 3 is 3.00 bits per heavy atom. The Hall–Kier alpha value is -1.66. The van der Waals surface area contributed by atoms with Gasteiger partial charge in [-0.15, -0.1) is 0 Å². The summed E-state index contributed by atoms with van der Waals surface area (Å²) < 4.78 is 19.2. The Morgan fingerprint density at radius 2 is 2.19 bits per heavy atom. The lowest BCUT2D eigenvalue weighted by molar-refractivity contribution is -0.125. The summed E-state index contributed by atoms with van der Waals surface area (Å²) in [6, 6.07) is 3.60. The molecule has 5 nitrogen and oxygen atoms in total. The van der Waals surface area contributed by atoms with Gasteiger partial charge in [-0.3, -0.25) is 9.59 Å². The van der Waals surface area contributed by atoms with E-state index >= 15 is 0 Å². The molecule has 2 saturated heterocycles. The van der Waals surface area contributed by atoms with Crippen LogP contribution in [0.1, 0.15) is 10.4 Å². The minimum atomic E-state index is -0.616. The summed E-state index contributed by atoms with van der Waals surface area (Å²) in [5.41, 5.74) is -0.0733. The average Bonchev–Trinajstić information content (AvgIpc) is 2.69. The second-order valence-electron chi connectivity index (χ2n) is 5.27. The van der Waals surface area contributed by atoms with Gasteiger partial charge in [0.15, 0.2) is 0 Å². The molecule has 0 aromatic heterocycles. The second-order valence-corrected chi connectivity index (χ2v) is 5.71. The number of rotatable bonds is 1. The second kappa shape index (κ2) is 5.61. The third-order valence-electron chi connectivity index (χ3n) is 3.68. The van der Waals surface area contributed by atoms with Crippen LogP contribution in [0.25, 0.3) is 0 Å². The zero-order valence-electron chi connectivity index (χ0n) is 11.1. The molecule has 2 aliphatic heterocycles. The van der Waals surface area contributed by atoms with E-state index < -0.39 is 17.6 Å². The number of benzene rings is 1. The summed E-state index contributed by atoms with van der Waals surface area (Å²) in [6.07, 6.45) is 0. The fourth-order valence-electron chi connectivity index (χ4n) is 2.63. The molecule has 2 amide bonds. The standard InChI is InChI=1S/C14H14ClFN2O3/c15-9-1-2-12(16)11(3-9)14(20)18-4-8-6-21-7-10(5-18)17-13(8)19/h1-3,8,10H,4-7H2,(H,17,19)/t8-,10+/m1/s1. The number of hydrogen-bond acceptors (Lipinski definition) is 3. The fraction of sp³-hybridized carbons (Fsp3) is 0.429. The molecule has 2 heterocycles. The number of fused-ring (bicyclic) bond motifs is 3. The van der Waals surface area contributed by atoms with Crippen LogP contribution < -0.4 is 5.32 Å². The fourth-order valence-corrected chi connectivity index (χ4v) is 2.80. The van der Waals surface area contributed by atoms with E-state index in [4.69, 9.17) is 16.3 Å². The number of nitrogens with one attached hydrogen (secondary N) is 1. The Balaban J connectivity index is 1.88. The first-order valence-corrected chi connectivity index (χ1v) is 7.05. The maximum Gasteiger partial charge on any atom is 0.256 e. The van der Waals surface area contributed by atoms with Gasteiger partial charge in [-0.1, -0.05) is 11.6 Å². The minimum absolute atomic E-state index is 0.0733. The van der Waals surface area contributed by atoms with Crippen LogP contribution in [0.5, 0.6) is 0 Å². The van der Waals surface area contributed by atoms with Crippen molar-refractivity contribution in [2.75, 3.05) is 26.3 Å². The maximum absolute atomic E-state index is 13.8. The smallest absolute Gasteiger partial charge is 0.256 e. The normalized spacial score (nSPS) is 25.2. The van der Waals surface area contributed by atoms with Gasteiger partial charge in [-0.05, 0) is 18.2 Å². The van der Waals surface area contributed by atoms with Crippen molar-refractivity contribution in [3.63, 3.8) is 0 Å². The molecule has 0 spiro atoms. The minimum Gasteiger partial charge on any atom is -0.378 e. The summed E-state index contributed by atoms with van der Waals surface area (Å²) >= 11 is 5.83. The monoisotopic (exact) mass is 312 g/mol. The summed E-state index contributed by atoms with van der Waals surface area (Å²) in [7, 11) is 0. The van der Waals surface area contributed by atoms with Crippen molar-refractivity contribution < 1.29 is 18.7 Å². The van der Waals surface area contributed by atoms with Crippen LogP contribution in [-0.2, 0) is 9.53 Å². The number of ether oxygens (including phenoxy) is 1. The van der Waals surface area contributed by atoms with Crippen molar-refractivity contribution in [1.82, 2.24) is 10.2 Å². The highest BCUT2D eigenvalue weighted by molar-refractivity contribution is 6.31. The van der Waals surface area contributed by atoms with E-state index in [1.54, 1.807) is 0 Å². The van der Waals surface area contributed by atoms with E-state index in [0.717, 1.165) is 0 Å². The van der Waals surface area contributed by atoms with Crippen molar-refractivity contribution in [3.05, 3.63) is 34.6 Å². The molecule has 2 bridgehead atoms. The molecule has 7 heteroatoms. The van der Waals surface area contributed by atoms with E-state index in [9.17, 15) is 14.0 Å². The first kappa shape index (κ1) is 14.3. The van der Waals surface area contributed by atoms with E-state index in [1.807, 2.05) is 0 Å². The molecular weight excluding hydrogens is 299 g/mol. The molecule has 0 saturated carbocycles. The van der Waals surface area contributed by atoms with Gasteiger partial charge in [0, 0.05) is 18.1 Å². The van der Waals surface area contributed by atoms with Crippen LogP contribution >= 0.6 is 11.6 Å². The van der Waals surface area contributed by atoms with Crippen LogP contribution in [0.2, 0.25) is 5.02 Å². The number of nitrogens with zero attached hydrogens (tertiary/aromatic N) is 1. The molecule has 112 valence electrons. The zero-order chi connectivity index (χ0) is 15.0. The molecule has 1 N–H and O–H groups in total. The van der Waals surface area contributed by atoms with Gasteiger partial charge in [0.25, 0.3) is 5.91 Å². The molecule has 1 aromatic carbocycles. The molecule has 2 atom stereocenters. The van der Waals surface area contributed by atoms with Crippen LogP contribution in [0.3, 0.4) is 0 Å². The lowest BCUT2D eigenvalue weighted by Gasteiger charge is -2.27. The molecule has 2 fully saturated rings. The Kier molecular flexibility index (Phi) is 3.82. The van der Waals surface area contributed by atoms with Crippen LogP contribution in [-0.4, -0.2) is 49.1 Å². The van der Waals surface area contributed by atoms with E-state index in [1.165, 1.54) is 23.1 Å². The highest BCUT2D eigenvalue weighted by atomic mass is 35.5. The Labute approximate surface area is 126 Å². The summed E-state index contributed by atoms with van der Waals surface area (Å²) in [4.78, 5) is 25.9. The number of hydrogen-bond donors (Lipinski definition) is 1. The Morgan fingerprint density at radius 1 is 1.38 bits per heavy atom. The van der Waals surface area contributed by atoms with Gasteiger partial charge in [-0.25, -0.2) is 4.39 Å². The molecule has 3 rings (SSSR count). The van der Waals surface area contributed by atoms with E-state index in [2.05, 4.69) is 5.32 Å². The molecule has 0 unspecified atom stereocenters. The largest absolute Gasteiger partial charge is 0.378 e. The summed E-state index contributed by atoms with van der Waals surface area (Å²) in [5, 5.41) is 3.12. The topological polar surface area (TPSA) is 58.6 Å². The van der Waals surface area contributed by atoms with Crippen molar-refractivity contribution in [2.24, 2.45) is 5.92 Å². The zero-order valence-corrected chi connectivity index (χ0v) is 11.9. The van der Waals surface area contributed by atoms with Crippen molar-refractivity contribution in [2.45, 2.75) is 6.04 Å². The predicted octanol–water partition coefficient (Wildman–Crippen LogP) is 1.07. The third kappa shape index (κ3) is 2.87. The lowest BCUT2D eigenvalue weighted by atomic mass is 10.1. The van der Waals surface area contributed by atoms with Gasteiger partial charge in [0.2, 0.25) is 5.91 Å². The first-order valence-electron chi connectivity index (χ1n) is 6.67. The Bertz CT molecular complexity index is 596. The third-order valence-corrected chi connectivity index (χ3v) is 3.92. The molecule has 21 heavy (non-hydrogen) atoms. The van der Waals surface area contributed by atoms with Crippen molar-refractivity contribution in [3.8, 4) is 0 Å². The van der Waals surface area contributed by atoms with E-state index in [-0.39, 0.29) is 30.7 Å². The molecular formula is C14H14ClFN2O3. The first-order chi connectivity index (χ1) is 10.0. The number of carbonyl (C=O) groups excluding carboxylic acids is 2. The van der Waals surface area contributed by atoms with Crippen LogP contribution in [0.4, 0.5) is 4.39 Å². The van der Waals surface area contributed by atoms with E-state index in [0.29, 0.717) is 18.2 Å². The quantitative estimate of drug-likeness (QED) is 0.844. The summed E-state index contributed by atoms with van der Waals surface area (Å²) in [5.74, 6) is -1.62. The van der Waals surface area contributed by atoms with Gasteiger partial charge < -0.3 is 15.0 Å². The number of halogens is 2. The molecule has 0 aliphatic carbocycles. The van der Waals surface area contributed by atoms with Gasteiger partial charge in [-0.2, -0.15) is 0 Å². The molecule has 0 radical (unpaired) electrons. The van der Waals surface area contributed by atoms with Crippen molar-refractivity contribution >= 4 is 23.4 Å². The lowest BCUT2D eigenvalue weighted by Crippen LogP contribution is -2.44. The number of carbonyl (C=O) groups is 2. The van der Waals surface area contributed by atoms with Crippen molar-refractivity contribution in [1.29, 1.82) is 0 Å². The highest BCUT2D eigenvalue weighted by Crippen LogP contribution is 2.20. The average molecular weight is 313 g/mol. The molecule has 1 aromatic rings. The SMILES string of the molecule is O=C1N[C@@H]2COC[C@H]1CN(C(=O)c1cc(Cl)ccc1F)C2. The van der Waals surface area contributed by atoms with Gasteiger partial charge >= 0.3 is 0 Å². The molecule has 2 aliphatic rings.